The van der Waals surface area contributed by atoms with Crippen LogP contribution in [0.15, 0.2) is 12.4 Å². The zero-order valence-corrected chi connectivity index (χ0v) is 9.46. The first-order valence-corrected chi connectivity index (χ1v) is 6.13. The van der Waals surface area contributed by atoms with Gasteiger partial charge < -0.3 is 5.11 Å². The maximum atomic E-state index is 11.4. The second-order valence-corrected chi connectivity index (χ2v) is 5.06. The van der Waals surface area contributed by atoms with E-state index in [-0.39, 0.29) is 0 Å². The zero-order valence-electron chi connectivity index (χ0n) is 8.64. The molecule has 0 aromatic carbocycles. The van der Waals surface area contributed by atoms with Crippen molar-refractivity contribution in [2.45, 2.75) is 25.3 Å². The largest absolute Gasteiger partial charge is 0.479 e. The van der Waals surface area contributed by atoms with Crippen LogP contribution in [0.3, 0.4) is 0 Å². The topological polar surface area (TPSA) is 55.1 Å². The molecule has 0 amide bonds. The molecule has 0 radical (unpaired) electrons. The van der Waals surface area contributed by atoms with Gasteiger partial charge in [-0.2, -0.15) is 16.9 Å². The normalized spacial score (nSPS) is 26.5. The molecule has 1 saturated heterocycles. The number of aromatic nitrogens is 2. The molecule has 0 saturated carbocycles. The maximum absolute atomic E-state index is 11.4. The molecule has 1 atom stereocenters. The first-order valence-electron chi connectivity index (χ1n) is 4.98. The Balaban J connectivity index is 2.37. The van der Waals surface area contributed by atoms with Crippen molar-refractivity contribution in [2.24, 2.45) is 0 Å². The smallest absolute Gasteiger partial charge is 0.332 e. The summed E-state index contributed by atoms with van der Waals surface area (Å²) in [5.74, 6) is 0.899. The van der Waals surface area contributed by atoms with Gasteiger partial charge in [-0.3, -0.25) is 4.68 Å². The van der Waals surface area contributed by atoms with Crippen LogP contribution in [0.25, 0.3) is 0 Å². The molecule has 2 rings (SSSR count). The molecule has 2 heterocycles. The van der Waals surface area contributed by atoms with Gasteiger partial charge in [0.1, 0.15) is 0 Å². The average Bonchev–Trinajstić information content (AvgIpc) is 2.66. The quantitative estimate of drug-likeness (QED) is 0.830. The highest BCUT2D eigenvalue weighted by Crippen LogP contribution is 2.33. The number of hydrogen-bond acceptors (Lipinski definition) is 3. The van der Waals surface area contributed by atoms with Crippen LogP contribution in [0, 0.1) is 6.92 Å². The van der Waals surface area contributed by atoms with E-state index >= 15 is 0 Å². The summed E-state index contributed by atoms with van der Waals surface area (Å²) in [5.41, 5.74) is 0.183. The molecular formula is C10H14N2O2S. The Labute approximate surface area is 92.7 Å². The number of nitrogens with zero attached hydrogens (tertiary/aromatic N) is 2. The molecule has 1 N–H and O–H groups in total. The number of carboxylic acid groups (broad SMARTS) is 1. The molecule has 1 fully saturated rings. The van der Waals surface area contributed by atoms with Crippen LogP contribution in [0.1, 0.15) is 18.4 Å². The molecule has 82 valence electrons. The molecular weight excluding hydrogens is 212 g/mol. The molecule has 1 unspecified atom stereocenters. The molecule has 0 bridgehead atoms. The van der Waals surface area contributed by atoms with E-state index in [0.717, 1.165) is 17.7 Å². The van der Waals surface area contributed by atoms with Crippen LogP contribution in [-0.4, -0.2) is 32.4 Å². The van der Waals surface area contributed by atoms with E-state index in [4.69, 9.17) is 0 Å². The Hall–Kier alpha value is -0.970. The Kier molecular flexibility index (Phi) is 2.73. The van der Waals surface area contributed by atoms with Crippen molar-refractivity contribution in [3.63, 3.8) is 0 Å². The number of carboxylic acids is 1. The van der Waals surface area contributed by atoms with E-state index in [1.54, 1.807) is 22.6 Å². The van der Waals surface area contributed by atoms with Crippen LogP contribution < -0.4 is 0 Å². The summed E-state index contributed by atoms with van der Waals surface area (Å²) in [6.07, 6.45) is 5.15. The Morgan fingerprint density at radius 3 is 3.00 bits per heavy atom. The van der Waals surface area contributed by atoms with Gasteiger partial charge in [0.2, 0.25) is 0 Å². The predicted molar refractivity (Wildman–Crippen MR) is 59.1 cm³/mol. The number of hydrogen-bond donors (Lipinski definition) is 1. The first kappa shape index (κ1) is 10.5. The second-order valence-electron chi connectivity index (χ2n) is 3.96. The molecule has 1 aliphatic heterocycles. The van der Waals surface area contributed by atoms with E-state index in [1.807, 2.05) is 13.1 Å². The predicted octanol–water partition coefficient (Wildman–Crippen LogP) is 1.50. The SMILES string of the molecule is Cc1cnn(C2(C(=O)O)CCCSC2)c1. The van der Waals surface area contributed by atoms with Crippen molar-refractivity contribution in [1.82, 2.24) is 9.78 Å². The highest BCUT2D eigenvalue weighted by Gasteiger charge is 2.42. The van der Waals surface area contributed by atoms with Gasteiger partial charge in [0.15, 0.2) is 5.54 Å². The van der Waals surface area contributed by atoms with Crippen LogP contribution >= 0.6 is 11.8 Å². The summed E-state index contributed by atoms with van der Waals surface area (Å²) in [5, 5.41) is 13.5. The van der Waals surface area contributed by atoms with Gasteiger partial charge in [0, 0.05) is 11.9 Å². The monoisotopic (exact) mass is 226 g/mol. The number of aryl methyl sites for hydroxylation is 1. The molecule has 0 aliphatic carbocycles. The van der Waals surface area contributed by atoms with Crippen LogP contribution in [0.2, 0.25) is 0 Å². The zero-order chi connectivity index (χ0) is 10.9. The summed E-state index contributed by atoms with van der Waals surface area (Å²) >= 11 is 1.69. The van der Waals surface area contributed by atoms with E-state index < -0.39 is 11.5 Å². The van der Waals surface area contributed by atoms with E-state index in [0.29, 0.717) is 12.2 Å². The lowest BCUT2D eigenvalue weighted by Gasteiger charge is -2.32. The highest BCUT2D eigenvalue weighted by molar-refractivity contribution is 7.99. The van der Waals surface area contributed by atoms with Crippen LogP contribution in [-0.2, 0) is 10.3 Å². The lowest BCUT2D eigenvalue weighted by atomic mass is 9.96. The highest BCUT2D eigenvalue weighted by atomic mass is 32.2. The van der Waals surface area contributed by atoms with Gasteiger partial charge >= 0.3 is 5.97 Å². The number of aliphatic carboxylic acids is 1. The third kappa shape index (κ3) is 1.76. The third-order valence-corrected chi connectivity index (χ3v) is 4.03. The maximum Gasteiger partial charge on any atom is 0.332 e. The molecule has 4 nitrogen and oxygen atoms in total. The van der Waals surface area contributed by atoms with Crippen molar-refractivity contribution in [3.8, 4) is 0 Å². The fourth-order valence-corrected chi connectivity index (χ4v) is 3.10. The summed E-state index contributed by atoms with van der Waals surface area (Å²) in [6, 6.07) is 0. The standard InChI is InChI=1S/C10H14N2O2S/c1-8-5-11-12(6-8)10(9(13)14)3-2-4-15-7-10/h5-6H,2-4,7H2,1H3,(H,13,14). The van der Waals surface area contributed by atoms with Crippen molar-refractivity contribution in [3.05, 3.63) is 18.0 Å². The number of thioether (sulfide) groups is 1. The van der Waals surface area contributed by atoms with Gasteiger partial charge in [-0.15, -0.1) is 0 Å². The fourth-order valence-electron chi connectivity index (χ4n) is 1.87. The van der Waals surface area contributed by atoms with Gasteiger partial charge in [-0.05, 0) is 31.1 Å². The van der Waals surface area contributed by atoms with E-state index in [2.05, 4.69) is 5.10 Å². The minimum atomic E-state index is -0.822. The third-order valence-electron chi connectivity index (χ3n) is 2.77. The molecule has 15 heavy (non-hydrogen) atoms. The van der Waals surface area contributed by atoms with Gasteiger partial charge in [0.05, 0.1) is 6.20 Å². The van der Waals surface area contributed by atoms with Crippen molar-refractivity contribution >= 4 is 17.7 Å². The van der Waals surface area contributed by atoms with Gasteiger partial charge in [-0.1, -0.05) is 0 Å². The van der Waals surface area contributed by atoms with Gasteiger partial charge in [0.25, 0.3) is 0 Å². The number of carbonyl (C=O) groups is 1. The second kappa shape index (κ2) is 3.89. The average molecular weight is 226 g/mol. The Bertz CT molecular complexity index is 369. The van der Waals surface area contributed by atoms with Gasteiger partial charge in [-0.25, -0.2) is 4.79 Å². The van der Waals surface area contributed by atoms with E-state index in [9.17, 15) is 9.90 Å². The Morgan fingerprint density at radius 2 is 2.53 bits per heavy atom. The van der Waals surface area contributed by atoms with Crippen molar-refractivity contribution in [1.29, 1.82) is 0 Å². The summed E-state index contributed by atoms with van der Waals surface area (Å²) in [4.78, 5) is 11.4. The first-order chi connectivity index (χ1) is 7.15. The lowest BCUT2D eigenvalue weighted by Crippen LogP contribution is -2.46. The number of rotatable bonds is 2. The van der Waals surface area contributed by atoms with Crippen molar-refractivity contribution < 1.29 is 9.90 Å². The molecule has 1 aliphatic rings. The molecule has 0 spiro atoms. The Morgan fingerprint density at radius 1 is 1.73 bits per heavy atom. The minimum Gasteiger partial charge on any atom is -0.479 e. The minimum absolute atomic E-state index is 0.615. The molecule has 1 aromatic heterocycles. The summed E-state index contributed by atoms with van der Waals surface area (Å²) in [7, 11) is 0. The summed E-state index contributed by atoms with van der Waals surface area (Å²) in [6.45, 7) is 1.93. The van der Waals surface area contributed by atoms with Crippen LogP contribution in [0.4, 0.5) is 0 Å². The summed E-state index contributed by atoms with van der Waals surface area (Å²) < 4.78 is 1.62. The molecule has 5 heteroatoms. The lowest BCUT2D eigenvalue weighted by molar-refractivity contribution is -0.147. The van der Waals surface area contributed by atoms with E-state index in [1.165, 1.54) is 0 Å². The van der Waals surface area contributed by atoms with Crippen LogP contribution in [0.5, 0.6) is 0 Å². The molecule has 1 aromatic rings. The fraction of sp³-hybridized carbons (Fsp3) is 0.600. The van der Waals surface area contributed by atoms with Crippen molar-refractivity contribution in [2.75, 3.05) is 11.5 Å².